The van der Waals surface area contributed by atoms with Crippen molar-refractivity contribution in [3.8, 4) is 0 Å². The summed E-state index contributed by atoms with van der Waals surface area (Å²) in [5.74, 6) is -0.203. The van der Waals surface area contributed by atoms with Gasteiger partial charge in [-0.1, -0.05) is 6.92 Å². The topological polar surface area (TPSA) is 63.2 Å². The van der Waals surface area contributed by atoms with E-state index in [1.807, 2.05) is 6.92 Å². The van der Waals surface area contributed by atoms with E-state index in [9.17, 15) is 13.2 Å². The molecular weight excluding hydrogens is 234 g/mol. The van der Waals surface area contributed by atoms with E-state index in [0.717, 1.165) is 11.3 Å². The minimum absolute atomic E-state index is 0.151. The van der Waals surface area contributed by atoms with Crippen LogP contribution in [0.4, 0.5) is 0 Å². The summed E-state index contributed by atoms with van der Waals surface area (Å²) < 4.78 is 25.7. The highest BCUT2D eigenvalue weighted by atomic mass is 32.2. The average molecular weight is 247 g/mol. The summed E-state index contributed by atoms with van der Waals surface area (Å²) in [7, 11) is -3.50. The van der Waals surface area contributed by atoms with Crippen molar-refractivity contribution in [2.24, 2.45) is 0 Å². The maximum Gasteiger partial charge on any atom is 0.250 e. The molecular formula is C9H13NO3S2. The SMILES string of the molecule is CCc1ccc(S(=O)(=O)NCC(C)=O)s1. The van der Waals surface area contributed by atoms with E-state index in [2.05, 4.69) is 4.72 Å². The molecule has 0 radical (unpaired) electrons. The monoisotopic (exact) mass is 247 g/mol. The van der Waals surface area contributed by atoms with Gasteiger partial charge in [-0.3, -0.25) is 4.79 Å². The predicted octanol–water partition coefficient (Wildman–Crippen LogP) is 1.18. The van der Waals surface area contributed by atoms with Crippen LogP contribution in [0.1, 0.15) is 18.7 Å². The van der Waals surface area contributed by atoms with Crippen molar-refractivity contribution in [2.75, 3.05) is 6.54 Å². The Morgan fingerprint density at radius 2 is 2.13 bits per heavy atom. The second-order valence-electron chi connectivity index (χ2n) is 3.10. The maximum atomic E-state index is 11.6. The lowest BCUT2D eigenvalue weighted by atomic mass is 10.4. The van der Waals surface area contributed by atoms with E-state index in [-0.39, 0.29) is 16.5 Å². The number of carbonyl (C=O) groups excluding carboxylic acids is 1. The molecule has 0 aromatic carbocycles. The van der Waals surface area contributed by atoms with Crippen molar-refractivity contribution in [2.45, 2.75) is 24.5 Å². The number of Topliss-reactive ketones (excluding diaryl/α,β-unsaturated/α-hetero) is 1. The number of carbonyl (C=O) groups is 1. The van der Waals surface area contributed by atoms with E-state index >= 15 is 0 Å². The van der Waals surface area contributed by atoms with Gasteiger partial charge in [-0.05, 0) is 25.5 Å². The zero-order valence-corrected chi connectivity index (χ0v) is 10.2. The van der Waals surface area contributed by atoms with E-state index < -0.39 is 10.0 Å². The van der Waals surface area contributed by atoms with E-state index in [1.165, 1.54) is 18.3 Å². The Morgan fingerprint density at radius 1 is 1.47 bits per heavy atom. The third-order valence-electron chi connectivity index (χ3n) is 1.76. The van der Waals surface area contributed by atoms with Gasteiger partial charge in [-0.25, -0.2) is 13.1 Å². The molecule has 0 aliphatic heterocycles. The summed E-state index contributed by atoms with van der Waals surface area (Å²) in [6, 6.07) is 3.35. The van der Waals surface area contributed by atoms with Crippen LogP contribution in [0.5, 0.6) is 0 Å². The Kier molecular flexibility index (Phi) is 4.01. The molecule has 0 aliphatic rings. The molecule has 1 rings (SSSR count). The highest BCUT2D eigenvalue weighted by Crippen LogP contribution is 2.21. The quantitative estimate of drug-likeness (QED) is 0.849. The lowest BCUT2D eigenvalue weighted by molar-refractivity contribution is -0.115. The minimum atomic E-state index is -3.50. The van der Waals surface area contributed by atoms with Crippen LogP contribution in [0.25, 0.3) is 0 Å². The lowest BCUT2D eigenvalue weighted by Crippen LogP contribution is -2.27. The van der Waals surface area contributed by atoms with Crippen LogP contribution in [-0.4, -0.2) is 20.7 Å². The zero-order valence-electron chi connectivity index (χ0n) is 8.61. The predicted molar refractivity (Wildman–Crippen MR) is 59.6 cm³/mol. The van der Waals surface area contributed by atoms with Gasteiger partial charge in [-0.2, -0.15) is 0 Å². The van der Waals surface area contributed by atoms with Gasteiger partial charge in [0.2, 0.25) is 10.0 Å². The van der Waals surface area contributed by atoms with Crippen molar-refractivity contribution in [3.63, 3.8) is 0 Å². The van der Waals surface area contributed by atoms with Crippen LogP contribution in [0, 0.1) is 0 Å². The third kappa shape index (κ3) is 3.40. The highest BCUT2D eigenvalue weighted by Gasteiger charge is 2.16. The lowest BCUT2D eigenvalue weighted by Gasteiger charge is -2.01. The largest absolute Gasteiger partial charge is 0.299 e. The Morgan fingerprint density at radius 3 is 2.60 bits per heavy atom. The van der Waals surface area contributed by atoms with Crippen molar-refractivity contribution < 1.29 is 13.2 Å². The summed E-state index contributed by atoms with van der Waals surface area (Å²) in [5, 5.41) is 0. The van der Waals surface area contributed by atoms with Gasteiger partial charge < -0.3 is 0 Å². The minimum Gasteiger partial charge on any atom is -0.299 e. The van der Waals surface area contributed by atoms with Crippen LogP contribution < -0.4 is 4.72 Å². The van der Waals surface area contributed by atoms with Crippen LogP contribution >= 0.6 is 11.3 Å². The standard InChI is InChI=1S/C9H13NO3S2/c1-3-8-4-5-9(14-8)15(12,13)10-6-7(2)11/h4-5,10H,3,6H2,1-2H3. The van der Waals surface area contributed by atoms with E-state index in [0.29, 0.717) is 0 Å². The van der Waals surface area contributed by atoms with E-state index in [4.69, 9.17) is 0 Å². The molecule has 0 spiro atoms. The molecule has 0 bridgehead atoms. The Labute approximate surface area is 93.4 Å². The Hall–Kier alpha value is -0.720. The van der Waals surface area contributed by atoms with Gasteiger partial charge in [0.05, 0.1) is 6.54 Å². The number of thiophene rings is 1. The number of aryl methyl sites for hydroxylation is 1. The molecule has 1 aromatic heterocycles. The Bertz CT molecular complexity index is 448. The second kappa shape index (κ2) is 4.87. The van der Waals surface area contributed by atoms with Gasteiger partial charge >= 0.3 is 0 Å². The fourth-order valence-electron chi connectivity index (χ4n) is 0.960. The van der Waals surface area contributed by atoms with E-state index in [1.54, 1.807) is 12.1 Å². The maximum absolute atomic E-state index is 11.6. The summed E-state index contributed by atoms with van der Waals surface area (Å²) in [4.78, 5) is 11.7. The first kappa shape index (κ1) is 12.4. The summed E-state index contributed by atoms with van der Waals surface area (Å²) in [6.07, 6.45) is 0.812. The number of nitrogens with one attached hydrogen (secondary N) is 1. The molecule has 0 unspecified atom stereocenters. The molecule has 15 heavy (non-hydrogen) atoms. The summed E-state index contributed by atoms with van der Waals surface area (Å²) >= 11 is 1.23. The smallest absolute Gasteiger partial charge is 0.250 e. The molecule has 0 fully saturated rings. The molecule has 1 N–H and O–H groups in total. The first-order valence-corrected chi connectivity index (χ1v) is 6.83. The molecule has 0 atom stereocenters. The van der Waals surface area contributed by atoms with Crippen LogP contribution in [-0.2, 0) is 21.2 Å². The summed E-state index contributed by atoms with van der Waals surface area (Å²) in [5.41, 5.74) is 0. The summed E-state index contributed by atoms with van der Waals surface area (Å²) in [6.45, 7) is 3.15. The second-order valence-corrected chi connectivity index (χ2v) is 6.26. The van der Waals surface area contributed by atoms with Gasteiger partial charge in [-0.15, -0.1) is 11.3 Å². The first-order valence-electron chi connectivity index (χ1n) is 4.53. The number of sulfonamides is 1. The van der Waals surface area contributed by atoms with Crippen LogP contribution in [0.2, 0.25) is 0 Å². The Balaban J connectivity index is 2.81. The van der Waals surface area contributed by atoms with Crippen LogP contribution in [0.3, 0.4) is 0 Å². The molecule has 6 heteroatoms. The highest BCUT2D eigenvalue weighted by molar-refractivity contribution is 7.91. The first-order chi connectivity index (χ1) is 6.95. The van der Waals surface area contributed by atoms with Gasteiger partial charge in [0.15, 0.2) is 0 Å². The van der Waals surface area contributed by atoms with Crippen molar-refractivity contribution in [1.29, 1.82) is 0 Å². The molecule has 4 nitrogen and oxygen atoms in total. The molecule has 84 valence electrons. The molecule has 0 aliphatic carbocycles. The van der Waals surface area contributed by atoms with Gasteiger partial charge in [0.1, 0.15) is 9.99 Å². The molecule has 0 saturated carbocycles. The number of ketones is 1. The molecule has 0 amide bonds. The molecule has 1 aromatic rings. The number of rotatable bonds is 5. The van der Waals surface area contributed by atoms with Crippen molar-refractivity contribution in [3.05, 3.63) is 17.0 Å². The van der Waals surface area contributed by atoms with Crippen molar-refractivity contribution in [1.82, 2.24) is 4.72 Å². The van der Waals surface area contributed by atoms with Gasteiger partial charge in [0, 0.05) is 4.88 Å². The third-order valence-corrected chi connectivity index (χ3v) is 4.88. The molecule has 0 saturated heterocycles. The number of hydrogen-bond donors (Lipinski definition) is 1. The fraction of sp³-hybridized carbons (Fsp3) is 0.444. The van der Waals surface area contributed by atoms with Crippen LogP contribution in [0.15, 0.2) is 16.3 Å². The molecule has 1 heterocycles. The fourth-order valence-corrected chi connectivity index (χ4v) is 3.35. The van der Waals surface area contributed by atoms with Crippen molar-refractivity contribution >= 4 is 27.1 Å². The van der Waals surface area contributed by atoms with Gasteiger partial charge in [0.25, 0.3) is 0 Å². The number of hydrogen-bond acceptors (Lipinski definition) is 4. The zero-order chi connectivity index (χ0) is 11.5. The average Bonchev–Trinajstić information content (AvgIpc) is 2.63. The normalized spacial score (nSPS) is 11.6.